The van der Waals surface area contributed by atoms with Crippen molar-refractivity contribution in [3.63, 3.8) is 0 Å². The molecule has 0 aliphatic carbocycles. The third-order valence-electron chi connectivity index (χ3n) is 5.22. The summed E-state index contributed by atoms with van der Waals surface area (Å²) in [7, 11) is 0. The van der Waals surface area contributed by atoms with Gasteiger partial charge >= 0.3 is 0 Å². The SMILES string of the molecule is N#Cc1ccccc1Oc1cc([C@H]2CC(=O)N(c3cccc(C(N)=O)c3)C2)ccc1Cl. The molecule has 0 unspecified atom stereocenters. The van der Waals surface area contributed by atoms with Crippen LogP contribution in [0.15, 0.2) is 66.7 Å². The van der Waals surface area contributed by atoms with Crippen molar-refractivity contribution in [2.75, 3.05) is 11.4 Å². The van der Waals surface area contributed by atoms with Crippen LogP contribution in [0.3, 0.4) is 0 Å². The van der Waals surface area contributed by atoms with Gasteiger partial charge in [-0.15, -0.1) is 0 Å². The maximum Gasteiger partial charge on any atom is 0.248 e. The highest BCUT2D eigenvalue weighted by Gasteiger charge is 2.32. The number of hydrogen-bond acceptors (Lipinski definition) is 4. The highest BCUT2D eigenvalue weighted by molar-refractivity contribution is 6.32. The number of nitrogens with zero attached hydrogens (tertiary/aromatic N) is 2. The molecule has 2 amide bonds. The maximum absolute atomic E-state index is 12.7. The molecule has 3 aromatic carbocycles. The van der Waals surface area contributed by atoms with E-state index in [4.69, 9.17) is 22.1 Å². The molecule has 0 spiro atoms. The van der Waals surface area contributed by atoms with E-state index in [-0.39, 0.29) is 11.8 Å². The molecule has 1 saturated heterocycles. The molecule has 0 radical (unpaired) electrons. The fraction of sp³-hybridized carbons (Fsp3) is 0.125. The molecule has 1 atom stereocenters. The van der Waals surface area contributed by atoms with Crippen molar-refractivity contribution in [1.29, 1.82) is 5.26 Å². The molecular formula is C24H18ClN3O3. The van der Waals surface area contributed by atoms with E-state index < -0.39 is 5.91 Å². The summed E-state index contributed by atoms with van der Waals surface area (Å²) >= 11 is 6.32. The van der Waals surface area contributed by atoms with Gasteiger partial charge in [-0.2, -0.15) is 5.26 Å². The van der Waals surface area contributed by atoms with E-state index in [1.807, 2.05) is 6.07 Å². The second-order valence-electron chi connectivity index (χ2n) is 7.22. The molecule has 1 fully saturated rings. The molecule has 0 saturated carbocycles. The van der Waals surface area contributed by atoms with E-state index in [9.17, 15) is 14.9 Å². The summed E-state index contributed by atoms with van der Waals surface area (Å²) < 4.78 is 5.91. The Hall–Kier alpha value is -3.82. The van der Waals surface area contributed by atoms with Gasteiger partial charge in [-0.3, -0.25) is 9.59 Å². The molecule has 154 valence electrons. The van der Waals surface area contributed by atoms with Gasteiger partial charge in [0.2, 0.25) is 11.8 Å². The van der Waals surface area contributed by atoms with Crippen LogP contribution in [-0.4, -0.2) is 18.4 Å². The summed E-state index contributed by atoms with van der Waals surface area (Å²) in [4.78, 5) is 25.8. The Labute approximate surface area is 184 Å². The minimum Gasteiger partial charge on any atom is -0.454 e. The Morgan fingerprint density at radius 3 is 2.68 bits per heavy atom. The summed E-state index contributed by atoms with van der Waals surface area (Å²) in [6.07, 6.45) is 0.316. The largest absolute Gasteiger partial charge is 0.454 e. The first-order valence-corrected chi connectivity index (χ1v) is 10.0. The van der Waals surface area contributed by atoms with Crippen molar-refractivity contribution in [3.8, 4) is 17.6 Å². The summed E-state index contributed by atoms with van der Waals surface area (Å²) in [6, 6.07) is 21.1. The van der Waals surface area contributed by atoms with Crippen LogP contribution in [0.1, 0.15) is 33.8 Å². The van der Waals surface area contributed by atoms with Crippen LogP contribution in [0, 0.1) is 11.3 Å². The second-order valence-corrected chi connectivity index (χ2v) is 7.63. The maximum atomic E-state index is 12.7. The number of hydrogen-bond donors (Lipinski definition) is 1. The lowest BCUT2D eigenvalue weighted by Crippen LogP contribution is -2.24. The molecule has 1 aliphatic heterocycles. The lowest BCUT2D eigenvalue weighted by atomic mass is 9.98. The molecular weight excluding hydrogens is 414 g/mol. The van der Waals surface area contributed by atoms with E-state index in [2.05, 4.69) is 6.07 Å². The van der Waals surface area contributed by atoms with Gasteiger partial charge in [0.05, 0.1) is 10.6 Å². The number of nitrogens with two attached hydrogens (primary N) is 1. The Morgan fingerprint density at radius 1 is 1.10 bits per heavy atom. The van der Waals surface area contributed by atoms with E-state index in [0.717, 1.165) is 5.56 Å². The average molecular weight is 432 g/mol. The van der Waals surface area contributed by atoms with Crippen LogP contribution in [0.4, 0.5) is 5.69 Å². The molecule has 0 aromatic heterocycles. The third-order valence-corrected chi connectivity index (χ3v) is 5.53. The highest BCUT2D eigenvalue weighted by Crippen LogP contribution is 2.37. The van der Waals surface area contributed by atoms with Gasteiger partial charge in [-0.05, 0) is 48.0 Å². The summed E-state index contributed by atoms with van der Waals surface area (Å²) in [5.74, 6) is 0.177. The summed E-state index contributed by atoms with van der Waals surface area (Å²) in [5.41, 5.74) is 7.65. The van der Waals surface area contributed by atoms with Gasteiger partial charge in [0.15, 0.2) is 0 Å². The number of carbonyl (C=O) groups excluding carboxylic acids is 2. The Kier molecular flexibility index (Phi) is 5.61. The third kappa shape index (κ3) is 4.23. The molecule has 1 aliphatic rings. The number of halogens is 1. The quantitative estimate of drug-likeness (QED) is 0.637. The van der Waals surface area contributed by atoms with Crippen LogP contribution in [0.2, 0.25) is 5.02 Å². The Morgan fingerprint density at radius 2 is 1.90 bits per heavy atom. The van der Waals surface area contributed by atoms with E-state index in [1.165, 1.54) is 0 Å². The lowest BCUT2D eigenvalue weighted by molar-refractivity contribution is -0.117. The highest BCUT2D eigenvalue weighted by atomic mass is 35.5. The zero-order valence-electron chi connectivity index (χ0n) is 16.4. The molecule has 2 N–H and O–H groups in total. The van der Waals surface area contributed by atoms with Gasteiger partial charge in [0, 0.05) is 30.1 Å². The van der Waals surface area contributed by atoms with Crippen molar-refractivity contribution in [1.82, 2.24) is 0 Å². The number of ether oxygens (including phenoxy) is 1. The van der Waals surface area contributed by atoms with Crippen molar-refractivity contribution >= 4 is 29.1 Å². The predicted molar refractivity (Wildman–Crippen MR) is 117 cm³/mol. The average Bonchev–Trinajstić information content (AvgIpc) is 3.17. The Balaban J connectivity index is 1.59. The zero-order chi connectivity index (χ0) is 22.0. The van der Waals surface area contributed by atoms with Gasteiger partial charge in [0.25, 0.3) is 0 Å². The monoisotopic (exact) mass is 431 g/mol. The number of primary amides is 1. The van der Waals surface area contributed by atoms with Crippen molar-refractivity contribution in [2.24, 2.45) is 5.73 Å². The Bertz CT molecular complexity index is 1220. The first kappa shape index (κ1) is 20.5. The number of benzene rings is 3. The predicted octanol–water partition coefficient (Wildman–Crippen LogP) is 4.62. The number of nitriles is 1. The van der Waals surface area contributed by atoms with Gasteiger partial charge < -0.3 is 15.4 Å². The minimum atomic E-state index is -0.540. The fourth-order valence-electron chi connectivity index (χ4n) is 3.63. The number of para-hydroxylation sites is 1. The molecule has 31 heavy (non-hydrogen) atoms. The molecule has 3 aromatic rings. The molecule has 6 nitrogen and oxygen atoms in total. The van der Waals surface area contributed by atoms with Gasteiger partial charge in [-0.1, -0.05) is 35.9 Å². The van der Waals surface area contributed by atoms with Crippen LogP contribution in [0.5, 0.6) is 11.5 Å². The number of rotatable bonds is 5. The van der Waals surface area contributed by atoms with E-state index >= 15 is 0 Å². The minimum absolute atomic E-state index is 0.0427. The fourth-order valence-corrected chi connectivity index (χ4v) is 3.78. The zero-order valence-corrected chi connectivity index (χ0v) is 17.2. The molecule has 7 heteroatoms. The smallest absolute Gasteiger partial charge is 0.248 e. The van der Waals surface area contributed by atoms with Crippen molar-refractivity contribution in [2.45, 2.75) is 12.3 Å². The second kappa shape index (κ2) is 8.50. The number of amides is 2. The van der Waals surface area contributed by atoms with Gasteiger partial charge in [-0.25, -0.2) is 0 Å². The van der Waals surface area contributed by atoms with E-state index in [0.29, 0.717) is 46.3 Å². The molecule has 4 rings (SSSR count). The number of anilines is 1. The first-order valence-electron chi connectivity index (χ1n) is 9.63. The standard InChI is InChI=1S/C24H18ClN3O3/c25-20-9-8-15(11-22(20)31-21-7-2-1-4-17(21)13-26)18-12-23(29)28(14-18)19-6-3-5-16(10-19)24(27)30/h1-11,18H,12,14H2,(H2,27,30)/t18-/m0/s1. The normalized spacial score (nSPS) is 15.5. The van der Waals surface area contributed by atoms with Gasteiger partial charge in [0.1, 0.15) is 17.6 Å². The molecule has 0 bridgehead atoms. The van der Waals surface area contributed by atoms with Crippen LogP contribution in [-0.2, 0) is 4.79 Å². The van der Waals surface area contributed by atoms with Crippen molar-refractivity contribution < 1.29 is 14.3 Å². The summed E-state index contributed by atoms with van der Waals surface area (Å²) in [5, 5.41) is 9.69. The van der Waals surface area contributed by atoms with Crippen LogP contribution < -0.4 is 15.4 Å². The lowest BCUT2D eigenvalue weighted by Gasteiger charge is -2.18. The van der Waals surface area contributed by atoms with Crippen LogP contribution in [0.25, 0.3) is 0 Å². The molecule has 1 heterocycles. The number of carbonyl (C=O) groups is 2. The first-order chi connectivity index (χ1) is 15.0. The topological polar surface area (TPSA) is 96.4 Å². The van der Waals surface area contributed by atoms with Crippen molar-refractivity contribution in [3.05, 3.63) is 88.4 Å². The summed E-state index contributed by atoms with van der Waals surface area (Å²) in [6.45, 7) is 0.455. The van der Waals surface area contributed by atoms with Crippen LogP contribution >= 0.6 is 11.6 Å². The van der Waals surface area contributed by atoms with E-state index in [1.54, 1.807) is 65.6 Å².